The van der Waals surface area contributed by atoms with E-state index in [-0.39, 0.29) is 18.3 Å². The molecule has 0 aliphatic heterocycles. The zero-order valence-corrected chi connectivity index (χ0v) is 11.3. The zero-order chi connectivity index (χ0) is 10.4. The maximum atomic E-state index is 11.3. The summed E-state index contributed by atoms with van der Waals surface area (Å²) in [6.45, 7) is 0.627. The Morgan fingerprint density at radius 2 is 2.33 bits per heavy atom. The van der Waals surface area contributed by atoms with Gasteiger partial charge in [-0.2, -0.15) is 0 Å². The lowest BCUT2D eigenvalue weighted by Crippen LogP contribution is -2.20. The Bertz CT molecular complexity index is 288. The van der Waals surface area contributed by atoms with Crippen molar-refractivity contribution in [3.8, 4) is 0 Å². The van der Waals surface area contributed by atoms with Crippen LogP contribution in [-0.2, 0) is 10.9 Å². The summed E-state index contributed by atoms with van der Waals surface area (Å²) in [7, 11) is 0.448. The fourth-order valence-corrected chi connectivity index (χ4v) is 2.17. The van der Waals surface area contributed by atoms with Crippen LogP contribution in [0.1, 0.15) is 12.1 Å². The molecule has 0 fully saturated rings. The molecular formula is C9H15ClN2OS2. The third-order valence-corrected chi connectivity index (χ3v) is 3.31. The Morgan fingerprint density at radius 3 is 2.87 bits per heavy atom. The minimum atomic E-state index is -0.182. The number of hydrogen-bond donors (Lipinski definition) is 0. The van der Waals surface area contributed by atoms with E-state index in [2.05, 4.69) is 22.5 Å². The average molecular weight is 267 g/mol. The highest BCUT2D eigenvalue weighted by atomic mass is 35.5. The summed E-state index contributed by atoms with van der Waals surface area (Å²) in [4.78, 5) is 7.86. The van der Waals surface area contributed by atoms with E-state index >= 15 is 0 Å². The van der Waals surface area contributed by atoms with Crippen molar-refractivity contribution in [2.24, 2.45) is 4.99 Å². The Balaban J connectivity index is 0.00000196. The standard InChI is InChI=1S/C9H14N2OS2.ClH/c1-14(2)5-3-4-10-9(12)8-6-13-7-11-8;/h6-7H,3-5H2,1-2H3;1H. The first-order chi connectivity index (χ1) is 6.70. The van der Waals surface area contributed by atoms with E-state index in [4.69, 9.17) is 0 Å². The van der Waals surface area contributed by atoms with Gasteiger partial charge in [-0.25, -0.2) is 4.98 Å². The molecule has 0 atom stereocenters. The molecule has 0 radical (unpaired) electrons. The maximum absolute atomic E-state index is 11.3. The molecule has 15 heavy (non-hydrogen) atoms. The Labute approximate surface area is 103 Å². The predicted molar refractivity (Wildman–Crippen MR) is 69.5 cm³/mol. The molecule has 1 aromatic rings. The van der Waals surface area contributed by atoms with Crippen LogP contribution in [0, 0.1) is 0 Å². The molecule has 86 valence electrons. The van der Waals surface area contributed by atoms with Gasteiger partial charge in [-0.15, -0.1) is 23.7 Å². The first-order valence-corrected chi connectivity index (χ1v) is 7.49. The molecule has 0 aliphatic carbocycles. The normalized spacial score (nSPS) is 11.5. The summed E-state index contributed by atoms with van der Waals surface area (Å²) in [5.74, 6) is 0.965. The maximum Gasteiger partial charge on any atom is 0.109 e. The smallest absolute Gasteiger partial charge is 0.109 e. The van der Waals surface area contributed by atoms with Crippen molar-refractivity contribution in [2.75, 3.05) is 24.8 Å². The second-order valence-corrected chi connectivity index (χ2v) is 6.20. The van der Waals surface area contributed by atoms with E-state index in [1.165, 1.54) is 11.3 Å². The van der Waals surface area contributed by atoms with Crippen molar-refractivity contribution < 1.29 is 5.11 Å². The molecular weight excluding hydrogens is 252 g/mol. The molecule has 0 aromatic carbocycles. The van der Waals surface area contributed by atoms with Crippen LogP contribution in [-0.4, -0.2) is 35.7 Å². The van der Waals surface area contributed by atoms with E-state index in [9.17, 15) is 5.11 Å². The lowest BCUT2D eigenvalue weighted by Gasteiger charge is -2.06. The number of hydrogen-bond acceptors (Lipinski definition) is 4. The molecule has 1 heterocycles. The molecule has 0 saturated carbocycles. The lowest BCUT2D eigenvalue weighted by molar-refractivity contribution is -0.213. The van der Waals surface area contributed by atoms with Gasteiger partial charge in [-0.3, -0.25) is 4.99 Å². The van der Waals surface area contributed by atoms with Gasteiger partial charge >= 0.3 is 0 Å². The topological polar surface area (TPSA) is 48.3 Å². The summed E-state index contributed by atoms with van der Waals surface area (Å²) >= 11 is 1.42. The highest BCUT2D eigenvalue weighted by Gasteiger charge is 2.00. The Kier molecular flexibility index (Phi) is 7.82. The monoisotopic (exact) mass is 266 g/mol. The molecule has 1 rings (SSSR count). The summed E-state index contributed by atoms with van der Waals surface area (Å²) in [5.41, 5.74) is 2.13. The second-order valence-electron chi connectivity index (χ2n) is 3.10. The highest BCUT2D eigenvalue weighted by molar-refractivity contribution is 7.95. The third kappa shape index (κ3) is 6.02. The van der Waals surface area contributed by atoms with Crippen LogP contribution in [0.2, 0.25) is 0 Å². The van der Waals surface area contributed by atoms with Crippen molar-refractivity contribution in [3.05, 3.63) is 16.6 Å². The van der Waals surface area contributed by atoms with Crippen molar-refractivity contribution in [2.45, 2.75) is 6.42 Å². The third-order valence-electron chi connectivity index (χ3n) is 1.62. The first kappa shape index (κ1) is 14.7. The van der Waals surface area contributed by atoms with Gasteiger partial charge in [-0.05, 0) is 10.9 Å². The summed E-state index contributed by atoms with van der Waals surface area (Å²) in [6.07, 6.45) is 5.39. The number of nitrogens with zero attached hydrogens (tertiary/aromatic N) is 2. The quantitative estimate of drug-likeness (QED) is 0.345. The fraction of sp³-hybridized carbons (Fsp3) is 0.556. The minimum absolute atomic E-state index is 0. The summed E-state index contributed by atoms with van der Waals surface area (Å²) in [6, 6.07) is 0. The number of aliphatic imine (C=N–C) groups is 1. The van der Waals surface area contributed by atoms with Crippen LogP contribution < -0.4 is 5.11 Å². The molecule has 0 unspecified atom stereocenters. The van der Waals surface area contributed by atoms with Gasteiger partial charge < -0.3 is 5.11 Å². The van der Waals surface area contributed by atoms with Gasteiger partial charge in [0.05, 0.1) is 23.7 Å². The SMILES string of the molecule is C[S+](C)CCCN=C([O-])c1cscn1.Cl. The largest absolute Gasteiger partial charge is 0.857 e. The minimum Gasteiger partial charge on any atom is -0.857 e. The Hall–Kier alpha value is -0.260. The fourth-order valence-electron chi connectivity index (χ4n) is 0.933. The Morgan fingerprint density at radius 1 is 1.60 bits per heavy atom. The lowest BCUT2D eigenvalue weighted by atomic mass is 10.4. The summed E-state index contributed by atoms with van der Waals surface area (Å²) < 4.78 is 0. The highest BCUT2D eigenvalue weighted by Crippen LogP contribution is 2.00. The van der Waals surface area contributed by atoms with Crippen molar-refractivity contribution >= 4 is 40.5 Å². The number of aromatic nitrogens is 1. The molecule has 1 aromatic heterocycles. The molecule has 0 saturated heterocycles. The molecule has 0 N–H and O–H groups in total. The van der Waals surface area contributed by atoms with Crippen LogP contribution in [0.25, 0.3) is 0 Å². The van der Waals surface area contributed by atoms with Crippen molar-refractivity contribution in [1.29, 1.82) is 0 Å². The number of halogens is 1. The predicted octanol–water partition coefficient (Wildman–Crippen LogP) is 0.940. The van der Waals surface area contributed by atoms with Crippen LogP contribution in [0.3, 0.4) is 0 Å². The van der Waals surface area contributed by atoms with Gasteiger partial charge in [-0.1, -0.05) is 0 Å². The molecule has 0 amide bonds. The molecule has 0 spiro atoms. The average Bonchev–Trinajstić information content (AvgIpc) is 2.64. The number of thiazole rings is 1. The van der Waals surface area contributed by atoms with Gasteiger partial charge in [0, 0.05) is 24.2 Å². The van der Waals surface area contributed by atoms with Crippen LogP contribution in [0.5, 0.6) is 0 Å². The van der Waals surface area contributed by atoms with Gasteiger partial charge in [0.15, 0.2) is 0 Å². The van der Waals surface area contributed by atoms with Crippen LogP contribution >= 0.6 is 23.7 Å². The second kappa shape index (κ2) is 7.96. The first-order valence-electron chi connectivity index (χ1n) is 4.34. The summed E-state index contributed by atoms with van der Waals surface area (Å²) in [5, 5.41) is 13.1. The van der Waals surface area contributed by atoms with E-state index in [1.54, 1.807) is 10.9 Å². The zero-order valence-electron chi connectivity index (χ0n) is 8.80. The van der Waals surface area contributed by atoms with Crippen molar-refractivity contribution in [1.82, 2.24) is 4.98 Å². The van der Waals surface area contributed by atoms with E-state index in [0.29, 0.717) is 23.1 Å². The van der Waals surface area contributed by atoms with Crippen LogP contribution in [0.15, 0.2) is 15.9 Å². The van der Waals surface area contributed by atoms with Gasteiger partial charge in [0.2, 0.25) is 0 Å². The van der Waals surface area contributed by atoms with Crippen molar-refractivity contribution in [3.63, 3.8) is 0 Å². The molecule has 6 heteroatoms. The van der Waals surface area contributed by atoms with Crippen LogP contribution in [0.4, 0.5) is 0 Å². The van der Waals surface area contributed by atoms with E-state index < -0.39 is 0 Å². The molecule has 3 nitrogen and oxygen atoms in total. The van der Waals surface area contributed by atoms with Gasteiger partial charge in [0.25, 0.3) is 0 Å². The number of rotatable bonds is 5. The van der Waals surface area contributed by atoms with Gasteiger partial charge in [0.1, 0.15) is 5.75 Å². The van der Waals surface area contributed by atoms with E-state index in [1.807, 2.05) is 0 Å². The molecule has 0 aliphatic rings. The van der Waals surface area contributed by atoms with E-state index in [0.717, 1.165) is 12.2 Å². The molecule has 0 bridgehead atoms.